The summed E-state index contributed by atoms with van der Waals surface area (Å²) in [5.74, 6) is 1.87. The Labute approximate surface area is 200 Å². The maximum atomic E-state index is 12.8. The van der Waals surface area contributed by atoms with Gasteiger partial charge in [0.2, 0.25) is 15.9 Å². The van der Waals surface area contributed by atoms with E-state index in [0.29, 0.717) is 55.5 Å². The van der Waals surface area contributed by atoms with Crippen molar-refractivity contribution in [2.75, 3.05) is 33.4 Å². The van der Waals surface area contributed by atoms with E-state index < -0.39 is 10.0 Å². The molecular formula is C24H32N4O5S. The van der Waals surface area contributed by atoms with Gasteiger partial charge in [-0.3, -0.25) is 4.79 Å². The molecule has 0 saturated heterocycles. The molecule has 1 aromatic heterocycles. The van der Waals surface area contributed by atoms with Crippen LogP contribution >= 0.6 is 0 Å². The molecule has 0 fully saturated rings. The molecule has 0 unspecified atom stereocenters. The molecule has 0 aliphatic rings. The molecule has 1 heterocycles. The standard InChI is InChI=1S/C24H32N4O5S/c1-5-28(6-2)34(30,31)18-11-12-20-19(17-18)26-23(27(20)3)13-14-24(29)25-15-16-33-22-10-8-7-9-21(22)32-4/h7-12,17H,5-6,13-16H2,1-4H3,(H,25,29). The Morgan fingerprint density at radius 3 is 2.50 bits per heavy atom. The van der Waals surface area contributed by atoms with Gasteiger partial charge < -0.3 is 19.4 Å². The van der Waals surface area contributed by atoms with Gasteiger partial charge in [-0.1, -0.05) is 26.0 Å². The Morgan fingerprint density at radius 1 is 1.12 bits per heavy atom. The highest BCUT2D eigenvalue weighted by Crippen LogP contribution is 2.25. The van der Waals surface area contributed by atoms with Gasteiger partial charge in [-0.15, -0.1) is 0 Å². The number of methoxy groups -OCH3 is 1. The fraction of sp³-hybridized carbons (Fsp3) is 0.417. The second-order valence-electron chi connectivity index (χ2n) is 7.68. The van der Waals surface area contributed by atoms with Crippen molar-refractivity contribution >= 4 is 27.0 Å². The molecule has 0 atom stereocenters. The maximum Gasteiger partial charge on any atom is 0.243 e. The van der Waals surface area contributed by atoms with E-state index in [2.05, 4.69) is 10.3 Å². The summed E-state index contributed by atoms with van der Waals surface area (Å²) in [7, 11) is -0.117. The molecule has 0 spiro atoms. The zero-order chi connectivity index (χ0) is 24.7. The van der Waals surface area contributed by atoms with Crippen molar-refractivity contribution in [1.29, 1.82) is 0 Å². The van der Waals surface area contributed by atoms with Crippen molar-refractivity contribution in [3.05, 3.63) is 48.3 Å². The van der Waals surface area contributed by atoms with E-state index in [9.17, 15) is 13.2 Å². The molecule has 2 aromatic carbocycles. The topological polar surface area (TPSA) is 103 Å². The van der Waals surface area contributed by atoms with Crippen molar-refractivity contribution in [2.24, 2.45) is 7.05 Å². The SMILES string of the molecule is CCN(CC)S(=O)(=O)c1ccc2c(c1)nc(CCC(=O)NCCOc1ccccc1OC)n2C. The second kappa shape index (κ2) is 11.3. The van der Waals surface area contributed by atoms with Gasteiger partial charge in [0.05, 0.1) is 29.6 Å². The Hall–Kier alpha value is -3.11. The van der Waals surface area contributed by atoms with Gasteiger partial charge in [-0.25, -0.2) is 13.4 Å². The van der Waals surface area contributed by atoms with Gasteiger partial charge in [0.1, 0.15) is 12.4 Å². The van der Waals surface area contributed by atoms with Crippen LogP contribution in [0.4, 0.5) is 0 Å². The summed E-state index contributed by atoms with van der Waals surface area (Å²) in [4.78, 5) is 17.1. The number of fused-ring (bicyclic) bond motifs is 1. The number of hydrogen-bond acceptors (Lipinski definition) is 6. The third-order valence-electron chi connectivity index (χ3n) is 5.61. The average Bonchev–Trinajstić information content (AvgIpc) is 3.16. The first-order chi connectivity index (χ1) is 16.3. The van der Waals surface area contributed by atoms with E-state index in [4.69, 9.17) is 9.47 Å². The summed E-state index contributed by atoms with van der Waals surface area (Å²) >= 11 is 0. The molecule has 0 bridgehead atoms. The van der Waals surface area contributed by atoms with E-state index in [0.717, 1.165) is 5.52 Å². The fourth-order valence-corrected chi connectivity index (χ4v) is 5.21. The van der Waals surface area contributed by atoms with Crippen LogP contribution in [0.15, 0.2) is 47.4 Å². The second-order valence-corrected chi connectivity index (χ2v) is 9.61. The number of aromatic nitrogens is 2. The first-order valence-electron chi connectivity index (χ1n) is 11.3. The van der Waals surface area contributed by atoms with Gasteiger partial charge in [0.25, 0.3) is 0 Å². The highest BCUT2D eigenvalue weighted by molar-refractivity contribution is 7.89. The van der Waals surface area contributed by atoms with Gasteiger partial charge in [-0.2, -0.15) is 4.31 Å². The first kappa shape index (κ1) is 25.5. The zero-order valence-corrected chi connectivity index (χ0v) is 20.9. The molecule has 0 aliphatic carbocycles. The van der Waals surface area contributed by atoms with Gasteiger partial charge in [0.15, 0.2) is 11.5 Å². The molecule has 0 radical (unpaired) electrons. The highest BCUT2D eigenvalue weighted by Gasteiger charge is 2.22. The molecular weight excluding hydrogens is 456 g/mol. The van der Waals surface area contributed by atoms with E-state index in [-0.39, 0.29) is 17.2 Å². The molecule has 184 valence electrons. The minimum atomic E-state index is -3.56. The average molecular weight is 489 g/mol. The summed E-state index contributed by atoms with van der Waals surface area (Å²) in [5, 5.41) is 2.84. The minimum absolute atomic E-state index is 0.111. The Morgan fingerprint density at radius 2 is 1.82 bits per heavy atom. The predicted octanol–water partition coefficient (Wildman–Crippen LogP) is 2.74. The molecule has 34 heavy (non-hydrogen) atoms. The number of carbonyl (C=O) groups is 1. The number of sulfonamides is 1. The van der Waals surface area contributed by atoms with Crippen LogP contribution in [0.3, 0.4) is 0 Å². The largest absolute Gasteiger partial charge is 0.493 e. The number of imidazole rings is 1. The van der Waals surface area contributed by atoms with Gasteiger partial charge in [-0.05, 0) is 30.3 Å². The lowest BCUT2D eigenvalue weighted by Gasteiger charge is -2.18. The van der Waals surface area contributed by atoms with E-state index in [1.807, 2.05) is 49.7 Å². The summed E-state index contributed by atoms with van der Waals surface area (Å²) < 4.78 is 39.8. The van der Waals surface area contributed by atoms with Crippen molar-refractivity contribution in [2.45, 2.75) is 31.6 Å². The maximum absolute atomic E-state index is 12.8. The molecule has 1 amide bonds. The molecule has 0 aliphatic heterocycles. The number of amides is 1. The fourth-order valence-electron chi connectivity index (χ4n) is 3.73. The predicted molar refractivity (Wildman–Crippen MR) is 131 cm³/mol. The Balaban J connectivity index is 1.57. The van der Waals surface area contributed by atoms with Crippen LogP contribution in [0.2, 0.25) is 0 Å². The number of ether oxygens (including phenoxy) is 2. The summed E-state index contributed by atoms with van der Waals surface area (Å²) in [5.41, 5.74) is 1.41. The van der Waals surface area contributed by atoms with Crippen molar-refractivity contribution in [3.8, 4) is 11.5 Å². The Bertz CT molecular complexity index is 1240. The third-order valence-corrected chi connectivity index (χ3v) is 7.66. The molecule has 3 aromatic rings. The number of hydrogen-bond donors (Lipinski definition) is 1. The molecule has 9 nitrogen and oxygen atoms in total. The van der Waals surface area contributed by atoms with Gasteiger partial charge >= 0.3 is 0 Å². The summed E-state index contributed by atoms with van der Waals surface area (Å²) in [6, 6.07) is 12.3. The van der Waals surface area contributed by atoms with E-state index in [1.54, 1.807) is 25.3 Å². The lowest BCUT2D eigenvalue weighted by Crippen LogP contribution is -2.30. The van der Waals surface area contributed by atoms with Crippen molar-refractivity contribution in [3.63, 3.8) is 0 Å². The summed E-state index contributed by atoms with van der Waals surface area (Å²) in [6.45, 7) is 5.13. The smallest absolute Gasteiger partial charge is 0.243 e. The number of aryl methyl sites for hydroxylation is 2. The molecule has 10 heteroatoms. The number of para-hydroxylation sites is 2. The molecule has 3 rings (SSSR count). The van der Waals surface area contributed by atoms with Crippen molar-refractivity contribution < 1.29 is 22.7 Å². The van der Waals surface area contributed by atoms with Crippen LogP contribution in [0, 0.1) is 0 Å². The number of nitrogens with zero attached hydrogens (tertiary/aromatic N) is 3. The van der Waals surface area contributed by atoms with Crippen LogP contribution < -0.4 is 14.8 Å². The molecule has 1 N–H and O–H groups in total. The van der Waals surface area contributed by atoms with Crippen molar-refractivity contribution in [1.82, 2.24) is 19.2 Å². The third kappa shape index (κ3) is 5.68. The summed E-state index contributed by atoms with van der Waals surface area (Å²) in [6.07, 6.45) is 0.693. The van der Waals surface area contributed by atoms with Gasteiger partial charge in [0, 0.05) is 33.0 Å². The van der Waals surface area contributed by atoms with E-state index >= 15 is 0 Å². The van der Waals surface area contributed by atoms with Crippen LogP contribution in [-0.4, -0.2) is 61.5 Å². The number of carbonyl (C=O) groups excluding carboxylic acids is 1. The first-order valence-corrected chi connectivity index (χ1v) is 12.7. The lowest BCUT2D eigenvalue weighted by molar-refractivity contribution is -0.121. The van der Waals surface area contributed by atoms with Crippen LogP contribution in [0.1, 0.15) is 26.1 Å². The van der Waals surface area contributed by atoms with Crippen LogP contribution in [-0.2, 0) is 28.3 Å². The highest BCUT2D eigenvalue weighted by atomic mass is 32.2. The normalized spacial score (nSPS) is 11.7. The quantitative estimate of drug-likeness (QED) is 0.393. The lowest BCUT2D eigenvalue weighted by atomic mass is 10.3. The number of nitrogens with one attached hydrogen (secondary N) is 1. The zero-order valence-electron chi connectivity index (χ0n) is 20.1. The van der Waals surface area contributed by atoms with E-state index in [1.165, 1.54) is 4.31 Å². The molecule has 0 saturated carbocycles. The van der Waals surface area contributed by atoms with Crippen LogP contribution in [0.25, 0.3) is 11.0 Å². The number of benzene rings is 2. The number of rotatable bonds is 12. The minimum Gasteiger partial charge on any atom is -0.493 e. The Kier molecular flexibility index (Phi) is 8.51. The monoisotopic (exact) mass is 488 g/mol. The van der Waals surface area contributed by atoms with Crippen LogP contribution in [0.5, 0.6) is 11.5 Å².